The molecular weight excluding hydrogens is 266 g/mol. The Hall–Kier alpha value is -1.85. The summed E-state index contributed by atoms with van der Waals surface area (Å²) in [7, 11) is 0. The van der Waals surface area contributed by atoms with Gasteiger partial charge in [-0.3, -0.25) is 4.79 Å². The predicted molar refractivity (Wildman–Crippen MR) is 86.4 cm³/mol. The molecule has 0 saturated heterocycles. The van der Waals surface area contributed by atoms with Gasteiger partial charge in [0.05, 0.1) is 5.41 Å². The molecule has 0 radical (unpaired) electrons. The molecule has 6 heteroatoms. The molecule has 1 amide bonds. The molecule has 1 aromatic heterocycles. The van der Waals surface area contributed by atoms with Crippen LogP contribution in [0.3, 0.4) is 0 Å². The van der Waals surface area contributed by atoms with Gasteiger partial charge >= 0.3 is 0 Å². The number of nitrogens with one attached hydrogen (secondary N) is 2. The zero-order valence-electron chi connectivity index (χ0n) is 13.7. The Balaban J connectivity index is 3.01. The third-order valence-electron chi connectivity index (χ3n) is 3.37. The number of hydrogen-bond donors (Lipinski definition) is 3. The summed E-state index contributed by atoms with van der Waals surface area (Å²) in [6, 6.07) is 0. The second-order valence-electron chi connectivity index (χ2n) is 5.84. The van der Waals surface area contributed by atoms with Crippen molar-refractivity contribution in [2.75, 3.05) is 23.7 Å². The van der Waals surface area contributed by atoms with Crippen molar-refractivity contribution in [3.63, 3.8) is 0 Å². The summed E-state index contributed by atoms with van der Waals surface area (Å²) in [6.45, 7) is 11.0. The molecule has 1 heterocycles. The molecule has 4 N–H and O–H groups in total. The molecule has 1 rings (SSSR count). The number of hydrogen-bond acceptors (Lipinski definition) is 5. The minimum atomic E-state index is -0.624. The fraction of sp³-hybridized carbons (Fsp3) is 0.667. The van der Waals surface area contributed by atoms with E-state index in [-0.39, 0.29) is 5.91 Å². The summed E-state index contributed by atoms with van der Waals surface area (Å²) in [4.78, 5) is 20.5. The van der Waals surface area contributed by atoms with Crippen molar-refractivity contribution in [2.24, 2.45) is 11.1 Å². The molecule has 0 aliphatic rings. The van der Waals surface area contributed by atoms with Crippen molar-refractivity contribution in [3.05, 3.63) is 11.4 Å². The van der Waals surface area contributed by atoms with Crippen LogP contribution in [0.2, 0.25) is 0 Å². The highest BCUT2D eigenvalue weighted by atomic mass is 16.1. The molecule has 1 aromatic rings. The molecular formula is C15H27N5O. The first kappa shape index (κ1) is 17.2. The molecule has 0 fully saturated rings. The fourth-order valence-electron chi connectivity index (χ4n) is 1.80. The van der Waals surface area contributed by atoms with Gasteiger partial charge in [-0.05, 0) is 34.1 Å². The molecule has 0 atom stereocenters. The van der Waals surface area contributed by atoms with Gasteiger partial charge in [0.15, 0.2) is 0 Å². The Morgan fingerprint density at radius 3 is 2.24 bits per heavy atom. The van der Waals surface area contributed by atoms with E-state index in [1.165, 1.54) is 0 Å². The third kappa shape index (κ3) is 4.58. The highest BCUT2D eigenvalue weighted by Gasteiger charge is 2.25. The van der Waals surface area contributed by atoms with Crippen LogP contribution in [0.4, 0.5) is 11.6 Å². The smallest absolute Gasteiger partial charge is 0.224 e. The Morgan fingerprint density at radius 1 is 1.19 bits per heavy atom. The van der Waals surface area contributed by atoms with Crippen LogP contribution in [0.1, 0.15) is 45.5 Å². The highest BCUT2D eigenvalue weighted by molar-refractivity contribution is 5.80. The number of amides is 1. The van der Waals surface area contributed by atoms with Gasteiger partial charge in [0.25, 0.3) is 0 Å². The molecule has 0 saturated carbocycles. The second-order valence-corrected chi connectivity index (χ2v) is 5.84. The number of rotatable bonds is 8. The normalized spacial score (nSPS) is 11.3. The zero-order valence-corrected chi connectivity index (χ0v) is 13.7. The summed E-state index contributed by atoms with van der Waals surface area (Å²) in [6.07, 6.45) is 1.81. The lowest BCUT2D eigenvalue weighted by molar-refractivity contribution is -0.125. The van der Waals surface area contributed by atoms with E-state index in [0.717, 1.165) is 42.4 Å². The van der Waals surface area contributed by atoms with Gasteiger partial charge in [-0.15, -0.1) is 0 Å². The molecule has 0 unspecified atom stereocenters. The number of anilines is 2. The van der Waals surface area contributed by atoms with Gasteiger partial charge in [-0.2, -0.15) is 0 Å². The van der Waals surface area contributed by atoms with Crippen molar-refractivity contribution in [1.82, 2.24) is 9.97 Å². The number of aryl methyl sites for hydroxylation is 1. The highest BCUT2D eigenvalue weighted by Crippen LogP contribution is 2.22. The first-order chi connectivity index (χ1) is 9.81. The van der Waals surface area contributed by atoms with E-state index in [1.54, 1.807) is 0 Å². The van der Waals surface area contributed by atoms with Gasteiger partial charge in [0, 0.05) is 25.1 Å². The Bertz CT molecular complexity index is 499. The summed E-state index contributed by atoms with van der Waals surface area (Å²) in [5.74, 6) is 2.08. The van der Waals surface area contributed by atoms with E-state index in [4.69, 9.17) is 5.73 Å². The van der Waals surface area contributed by atoms with Crippen LogP contribution in [-0.2, 0) is 11.2 Å². The van der Waals surface area contributed by atoms with Crippen LogP contribution in [0.5, 0.6) is 0 Å². The molecule has 0 aliphatic heterocycles. The lowest BCUT2D eigenvalue weighted by Crippen LogP contribution is -2.37. The van der Waals surface area contributed by atoms with Gasteiger partial charge in [-0.1, -0.05) is 6.92 Å². The zero-order chi connectivity index (χ0) is 16.0. The maximum atomic E-state index is 11.4. The second kappa shape index (κ2) is 7.24. The summed E-state index contributed by atoms with van der Waals surface area (Å²) in [5.41, 5.74) is 5.73. The third-order valence-corrected chi connectivity index (χ3v) is 3.37. The standard InChI is InChI=1S/C15H27N5O/c1-6-8-11-19-12(17-7-2)10(3)13(20-11)18-9-15(4,5)14(16)21/h6-9H2,1-5H3,(H2,16,21)(H2,17,18,19,20). The monoisotopic (exact) mass is 293 g/mol. The molecule has 21 heavy (non-hydrogen) atoms. The van der Waals surface area contributed by atoms with Gasteiger partial charge in [0.2, 0.25) is 5.91 Å². The lowest BCUT2D eigenvalue weighted by Gasteiger charge is -2.22. The van der Waals surface area contributed by atoms with E-state index in [2.05, 4.69) is 27.5 Å². The van der Waals surface area contributed by atoms with E-state index in [0.29, 0.717) is 6.54 Å². The predicted octanol–water partition coefficient (Wildman–Crippen LogP) is 2.09. The van der Waals surface area contributed by atoms with Crippen molar-refractivity contribution >= 4 is 17.5 Å². The van der Waals surface area contributed by atoms with Gasteiger partial charge in [0.1, 0.15) is 17.5 Å². The van der Waals surface area contributed by atoms with Crippen molar-refractivity contribution in [1.29, 1.82) is 0 Å². The van der Waals surface area contributed by atoms with E-state index >= 15 is 0 Å². The summed E-state index contributed by atoms with van der Waals surface area (Å²) < 4.78 is 0. The number of aromatic nitrogens is 2. The average Bonchev–Trinajstić information content (AvgIpc) is 2.41. The van der Waals surface area contributed by atoms with E-state index in [9.17, 15) is 4.79 Å². The van der Waals surface area contributed by atoms with Crippen molar-refractivity contribution in [3.8, 4) is 0 Å². The summed E-state index contributed by atoms with van der Waals surface area (Å²) >= 11 is 0. The van der Waals surface area contributed by atoms with Crippen LogP contribution in [0, 0.1) is 12.3 Å². The molecule has 0 aliphatic carbocycles. The van der Waals surface area contributed by atoms with Gasteiger partial charge in [-0.25, -0.2) is 9.97 Å². The van der Waals surface area contributed by atoms with Crippen LogP contribution >= 0.6 is 0 Å². The van der Waals surface area contributed by atoms with Gasteiger partial charge < -0.3 is 16.4 Å². The maximum absolute atomic E-state index is 11.4. The van der Waals surface area contributed by atoms with Crippen LogP contribution in [-0.4, -0.2) is 29.0 Å². The number of primary amides is 1. The number of nitrogens with zero attached hydrogens (tertiary/aromatic N) is 2. The maximum Gasteiger partial charge on any atom is 0.224 e. The molecule has 118 valence electrons. The van der Waals surface area contributed by atoms with E-state index in [1.807, 2.05) is 27.7 Å². The minimum Gasteiger partial charge on any atom is -0.370 e. The average molecular weight is 293 g/mol. The summed E-state index contributed by atoms with van der Waals surface area (Å²) in [5, 5.41) is 6.49. The Kier molecular flexibility index (Phi) is 5.93. The quantitative estimate of drug-likeness (QED) is 0.682. The van der Waals surface area contributed by atoms with Crippen LogP contribution in [0.25, 0.3) is 0 Å². The van der Waals surface area contributed by atoms with Crippen molar-refractivity contribution in [2.45, 2.75) is 47.5 Å². The fourth-order valence-corrected chi connectivity index (χ4v) is 1.80. The molecule has 0 bridgehead atoms. The SMILES string of the molecule is CCCc1nc(NCC)c(C)c(NCC(C)(C)C(N)=O)n1. The van der Waals surface area contributed by atoms with Crippen molar-refractivity contribution < 1.29 is 4.79 Å². The number of carbonyl (C=O) groups excluding carboxylic acids is 1. The Morgan fingerprint density at radius 2 is 1.76 bits per heavy atom. The molecule has 0 aromatic carbocycles. The number of carbonyl (C=O) groups is 1. The number of nitrogens with two attached hydrogens (primary N) is 1. The van der Waals surface area contributed by atoms with Crippen LogP contribution in [0.15, 0.2) is 0 Å². The molecule has 6 nitrogen and oxygen atoms in total. The molecule has 0 spiro atoms. The minimum absolute atomic E-state index is 0.331. The van der Waals surface area contributed by atoms with E-state index < -0.39 is 5.41 Å². The largest absolute Gasteiger partial charge is 0.370 e. The Labute approximate surface area is 126 Å². The lowest BCUT2D eigenvalue weighted by atomic mass is 9.93. The topological polar surface area (TPSA) is 92.9 Å². The van der Waals surface area contributed by atoms with Crippen LogP contribution < -0.4 is 16.4 Å². The first-order valence-corrected chi connectivity index (χ1v) is 7.47. The first-order valence-electron chi connectivity index (χ1n) is 7.47.